The summed E-state index contributed by atoms with van der Waals surface area (Å²) >= 11 is 3.65. The van der Waals surface area contributed by atoms with Gasteiger partial charge in [-0.2, -0.15) is 0 Å². The highest BCUT2D eigenvalue weighted by Crippen LogP contribution is 2.48. The van der Waals surface area contributed by atoms with Gasteiger partial charge < -0.3 is 0 Å². The van der Waals surface area contributed by atoms with E-state index < -0.39 is 0 Å². The molecule has 0 aromatic heterocycles. The monoisotopic (exact) mass is 322 g/mol. The van der Waals surface area contributed by atoms with E-state index in [1.807, 2.05) is 0 Å². The molecule has 0 nitrogen and oxygen atoms in total. The first kappa shape index (κ1) is 12.2. The first-order valence-corrected chi connectivity index (χ1v) is 7.71. The predicted molar refractivity (Wildman–Crippen MR) is 89.2 cm³/mol. The molecule has 3 aromatic carbocycles. The Bertz CT molecular complexity index is 844. The van der Waals surface area contributed by atoms with Crippen LogP contribution in [0.25, 0.3) is 21.9 Å². The lowest BCUT2D eigenvalue weighted by Gasteiger charge is -2.35. The third-order valence-corrected chi connectivity index (χ3v) is 4.96. The summed E-state index contributed by atoms with van der Waals surface area (Å²) in [7, 11) is 0. The summed E-state index contributed by atoms with van der Waals surface area (Å²) in [6.45, 7) is 4.65. The van der Waals surface area contributed by atoms with Gasteiger partial charge in [0.1, 0.15) is 0 Å². The van der Waals surface area contributed by atoms with Crippen molar-refractivity contribution >= 4 is 26.7 Å². The van der Waals surface area contributed by atoms with Crippen LogP contribution in [0, 0.1) is 0 Å². The molecule has 1 heteroatoms. The van der Waals surface area contributed by atoms with Crippen LogP contribution in [-0.2, 0) is 5.41 Å². The molecule has 20 heavy (non-hydrogen) atoms. The number of halogens is 1. The highest BCUT2D eigenvalue weighted by atomic mass is 79.9. The standard InChI is InChI=1S/C19H15Br/c1-19(2)16-8-4-3-7-14(16)15-11-13(20)10-12-6-5-9-17(19)18(12)15/h3-11H,1-2H3. The Morgan fingerprint density at radius 3 is 2.40 bits per heavy atom. The molecule has 0 saturated carbocycles. The molecule has 1 aliphatic rings. The summed E-state index contributed by atoms with van der Waals surface area (Å²) in [6, 6.07) is 19.9. The van der Waals surface area contributed by atoms with E-state index in [0.29, 0.717) is 0 Å². The van der Waals surface area contributed by atoms with Crippen LogP contribution in [0.2, 0.25) is 0 Å². The van der Waals surface area contributed by atoms with Gasteiger partial charge in [-0.1, -0.05) is 72.2 Å². The Hall–Kier alpha value is -1.60. The first-order chi connectivity index (χ1) is 9.59. The Morgan fingerprint density at radius 2 is 1.55 bits per heavy atom. The van der Waals surface area contributed by atoms with Crippen LogP contribution in [-0.4, -0.2) is 0 Å². The Kier molecular flexibility index (Phi) is 2.41. The van der Waals surface area contributed by atoms with E-state index in [4.69, 9.17) is 0 Å². The van der Waals surface area contributed by atoms with E-state index in [1.165, 1.54) is 33.0 Å². The van der Waals surface area contributed by atoms with E-state index in [-0.39, 0.29) is 5.41 Å². The van der Waals surface area contributed by atoms with Gasteiger partial charge in [-0.3, -0.25) is 0 Å². The number of hydrogen-bond acceptors (Lipinski definition) is 0. The molecule has 0 N–H and O–H groups in total. The fourth-order valence-electron chi connectivity index (χ4n) is 3.53. The molecule has 3 aromatic rings. The van der Waals surface area contributed by atoms with E-state index in [1.54, 1.807) is 0 Å². The summed E-state index contributed by atoms with van der Waals surface area (Å²) in [4.78, 5) is 0. The van der Waals surface area contributed by atoms with E-state index in [0.717, 1.165) is 4.47 Å². The molecule has 4 rings (SSSR count). The summed E-state index contributed by atoms with van der Waals surface area (Å²) in [6.07, 6.45) is 0. The molecule has 98 valence electrons. The van der Waals surface area contributed by atoms with Crippen LogP contribution in [0.1, 0.15) is 25.0 Å². The molecule has 0 radical (unpaired) electrons. The van der Waals surface area contributed by atoms with Crippen LogP contribution in [0.15, 0.2) is 59.1 Å². The number of benzene rings is 3. The van der Waals surface area contributed by atoms with Crippen LogP contribution in [0.3, 0.4) is 0 Å². The van der Waals surface area contributed by atoms with Gasteiger partial charge in [-0.25, -0.2) is 0 Å². The average Bonchev–Trinajstić information content (AvgIpc) is 2.44. The van der Waals surface area contributed by atoms with Crippen molar-refractivity contribution in [3.05, 3.63) is 70.2 Å². The highest BCUT2D eigenvalue weighted by Gasteiger charge is 2.32. The first-order valence-electron chi connectivity index (χ1n) is 6.92. The third-order valence-electron chi connectivity index (χ3n) is 4.51. The van der Waals surface area contributed by atoms with Crippen molar-refractivity contribution in [2.45, 2.75) is 19.3 Å². The van der Waals surface area contributed by atoms with E-state index in [2.05, 4.69) is 84.4 Å². The third kappa shape index (κ3) is 1.47. The maximum absolute atomic E-state index is 3.65. The second kappa shape index (κ2) is 3.95. The molecule has 0 atom stereocenters. The number of rotatable bonds is 0. The molecule has 0 aliphatic heterocycles. The minimum atomic E-state index is 0.0525. The van der Waals surface area contributed by atoms with Crippen LogP contribution >= 0.6 is 15.9 Å². The summed E-state index contributed by atoms with van der Waals surface area (Å²) < 4.78 is 1.15. The van der Waals surface area contributed by atoms with Crippen LogP contribution in [0.5, 0.6) is 0 Å². The Labute approximate surface area is 127 Å². The van der Waals surface area contributed by atoms with Gasteiger partial charge in [0.05, 0.1) is 0 Å². The van der Waals surface area contributed by atoms with Crippen molar-refractivity contribution in [3.8, 4) is 11.1 Å². The predicted octanol–water partition coefficient (Wildman–Crippen LogP) is 5.91. The SMILES string of the molecule is CC1(C)c2ccccc2-c2cc(Br)cc3cccc1c23. The molecule has 0 amide bonds. The topological polar surface area (TPSA) is 0 Å². The number of fused-ring (bicyclic) bond motifs is 2. The molecule has 0 unspecified atom stereocenters. The largest absolute Gasteiger partial charge is 0.0619 e. The fraction of sp³-hybridized carbons (Fsp3) is 0.158. The zero-order valence-corrected chi connectivity index (χ0v) is 13.2. The van der Waals surface area contributed by atoms with Crippen molar-refractivity contribution in [1.82, 2.24) is 0 Å². The zero-order valence-electron chi connectivity index (χ0n) is 11.6. The molecule has 0 saturated heterocycles. The maximum Gasteiger partial charge on any atom is 0.0187 e. The van der Waals surface area contributed by atoms with E-state index in [9.17, 15) is 0 Å². The van der Waals surface area contributed by atoms with Crippen molar-refractivity contribution in [3.63, 3.8) is 0 Å². The molecule has 0 spiro atoms. The lowest BCUT2D eigenvalue weighted by Crippen LogP contribution is -2.23. The average molecular weight is 323 g/mol. The minimum absolute atomic E-state index is 0.0525. The van der Waals surface area contributed by atoms with Gasteiger partial charge in [0, 0.05) is 9.89 Å². The molecular formula is C19H15Br. The highest BCUT2D eigenvalue weighted by molar-refractivity contribution is 9.10. The smallest absolute Gasteiger partial charge is 0.0187 e. The summed E-state index contributed by atoms with van der Waals surface area (Å²) in [5.74, 6) is 0. The molecule has 0 bridgehead atoms. The fourth-order valence-corrected chi connectivity index (χ4v) is 4.01. The maximum atomic E-state index is 3.65. The van der Waals surface area contributed by atoms with Crippen LogP contribution < -0.4 is 0 Å². The van der Waals surface area contributed by atoms with Gasteiger partial charge in [-0.05, 0) is 45.2 Å². The quantitative estimate of drug-likeness (QED) is 0.482. The normalized spacial score (nSPS) is 15.2. The van der Waals surface area contributed by atoms with Gasteiger partial charge in [0.15, 0.2) is 0 Å². The molecule has 0 heterocycles. The van der Waals surface area contributed by atoms with Crippen LogP contribution in [0.4, 0.5) is 0 Å². The zero-order chi connectivity index (χ0) is 13.9. The minimum Gasteiger partial charge on any atom is -0.0619 e. The van der Waals surface area contributed by atoms with Gasteiger partial charge in [0.2, 0.25) is 0 Å². The van der Waals surface area contributed by atoms with Gasteiger partial charge in [-0.15, -0.1) is 0 Å². The van der Waals surface area contributed by atoms with Crippen molar-refractivity contribution in [2.24, 2.45) is 0 Å². The molecule has 0 fully saturated rings. The van der Waals surface area contributed by atoms with Gasteiger partial charge in [0.25, 0.3) is 0 Å². The lowest BCUT2D eigenvalue weighted by molar-refractivity contribution is 0.645. The summed E-state index contributed by atoms with van der Waals surface area (Å²) in [5.41, 5.74) is 5.61. The van der Waals surface area contributed by atoms with Crippen molar-refractivity contribution in [2.75, 3.05) is 0 Å². The lowest BCUT2D eigenvalue weighted by atomic mass is 9.68. The van der Waals surface area contributed by atoms with E-state index >= 15 is 0 Å². The second-order valence-corrected chi connectivity index (χ2v) is 6.94. The molecular weight excluding hydrogens is 308 g/mol. The van der Waals surface area contributed by atoms with Crippen molar-refractivity contribution < 1.29 is 0 Å². The van der Waals surface area contributed by atoms with Gasteiger partial charge >= 0.3 is 0 Å². The molecule has 1 aliphatic carbocycles. The Morgan fingerprint density at radius 1 is 0.800 bits per heavy atom. The number of hydrogen-bond donors (Lipinski definition) is 0. The second-order valence-electron chi connectivity index (χ2n) is 6.03. The van der Waals surface area contributed by atoms with Crippen molar-refractivity contribution in [1.29, 1.82) is 0 Å². The Balaban J connectivity index is 2.28. The summed E-state index contributed by atoms with van der Waals surface area (Å²) in [5, 5.41) is 2.72.